The normalized spacial score (nSPS) is 11.3. The summed E-state index contributed by atoms with van der Waals surface area (Å²) >= 11 is 0. The monoisotopic (exact) mass is 1060 g/mol. The first kappa shape index (κ1) is 51.8. The van der Waals surface area contributed by atoms with Crippen LogP contribution in [0.15, 0.2) is 277 Å². The van der Waals surface area contributed by atoms with E-state index in [2.05, 4.69) is 72.4 Å². The molecule has 0 bridgehead atoms. The number of aryl methyl sites for hydroxylation is 2. The van der Waals surface area contributed by atoms with Crippen LogP contribution in [0.3, 0.4) is 0 Å². The Kier molecular flexibility index (Phi) is 14.9. The van der Waals surface area contributed by atoms with Gasteiger partial charge in [-0.3, -0.25) is 19.6 Å². The molecule has 82 heavy (non-hydrogen) atoms. The van der Waals surface area contributed by atoms with Crippen molar-refractivity contribution in [2.45, 2.75) is 13.8 Å². The molecule has 0 saturated heterocycles. The van der Waals surface area contributed by atoms with Crippen molar-refractivity contribution >= 4 is 56.9 Å². The van der Waals surface area contributed by atoms with Crippen molar-refractivity contribution in [3.05, 3.63) is 311 Å². The fraction of sp³-hybridized carbons (Fsp3) is 0.0270. The second-order valence-electron chi connectivity index (χ2n) is 19.8. The fourth-order valence-electron chi connectivity index (χ4n) is 9.55. The van der Waals surface area contributed by atoms with Gasteiger partial charge in [-0.1, -0.05) is 120 Å². The van der Waals surface area contributed by atoms with Gasteiger partial charge in [0.25, 0.3) is 0 Å². The maximum atomic E-state index is 13.8. The maximum absolute atomic E-state index is 13.8. The van der Waals surface area contributed by atoms with Crippen LogP contribution in [0.5, 0.6) is 46.0 Å². The highest BCUT2D eigenvalue weighted by molar-refractivity contribution is 6.11. The second-order valence-corrected chi connectivity index (χ2v) is 19.8. The first-order valence-corrected chi connectivity index (χ1v) is 26.9. The summed E-state index contributed by atoms with van der Waals surface area (Å²) in [5.74, 6) is 4.60. The van der Waals surface area contributed by atoms with E-state index in [0.29, 0.717) is 68.2 Å². The molecule has 394 valence electrons. The Morgan fingerprint density at radius 2 is 0.598 bits per heavy atom. The van der Waals surface area contributed by atoms with Gasteiger partial charge in [0.15, 0.2) is 11.6 Å². The van der Waals surface area contributed by atoms with Gasteiger partial charge in [-0.05, 0) is 204 Å². The predicted octanol–water partition coefficient (Wildman–Crippen LogP) is 19.4. The molecule has 0 fully saturated rings. The van der Waals surface area contributed by atoms with Crippen LogP contribution in [-0.2, 0) is 0 Å². The number of fused-ring (bicyclic) bond motifs is 2. The molecule has 8 nitrogen and oxygen atoms in total. The number of hydrogen-bond acceptors (Lipinski definition) is 8. The lowest BCUT2D eigenvalue weighted by Crippen LogP contribution is -2.01. The molecule has 0 aliphatic carbocycles. The summed E-state index contributed by atoms with van der Waals surface area (Å²) in [4.78, 5) is 36.8. The average molecular weight is 1070 g/mol. The predicted molar refractivity (Wildman–Crippen MR) is 330 cm³/mol. The third-order valence-corrected chi connectivity index (χ3v) is 14.0. The molecule has 0 amide bonds. The van der Waals surface area contributed by atoms with Crippen LogP contribution in [0.1, 0.15) is 54.1 Å². The number of hydrogen-bond donors (Lipinski definition) is 0. The Bertz CT molecular complexity index is 4020. The Morgan fingerprint density at radius 3 is 0.927 bits per heavy atom. The van der Waals surface area contributed by atoms with Crippen molar-refractivity contribution < 1.29 is 28.5 Å². The molecule has 0 aliphatic heterocycles. The Morgan fingerprint density at radius 1 is 0.305 bits per heavy atom. The summed E-state index contributed by atoms with van der Waals surface area (Å²) in [7, 11) is 0. The van der Waals surface area contributed by atoms with E-state index in [1.54, 1.807) is 72.8 Å². The number of aliphatic imine (C=N–C) groups is 2. The van der Waals surface area contributed by atoms with Crippen LogP contribution in [0.25, 0.3) is 32.7 Å². The van der Waals surface area contributed by atoms with Crippen molar-refractivity contribution in [3.63, 3.8) is 0 Å². The van der Waals surface area contributed by atoms with Gasteiger partial charge < -0.3 is 18.9 Å². The number of nitrogens with zero attached hydrogens (tertiary/aromatic N) is 2. The van der Waals surface area contributed by atoms with Gasteiger partial charge in [-0.25, -0.2) is 0 Å². The maximum Gasteiger partial charge on any atom is 0.193 e. The lowest BCUT2D eigenvalue weighted by molar-refractivity contribution is 0.103. The highest BCUT2D eigenvalue weighted by atomic mass is 16.5. The van der Waals surface area contributed by atoms with Crippen molar-refractivity contribution in [2.75, 3.05) is 0 Å². The molecule has 12 rings (SSSR count). The molecule has 0 atom stereocenters. The molecule has 0 radical (unpaired) electrons. The molecular weight excluding hydrogens is 1010 g/mol. The van der Waals surface area contributed by atoms with E-state index in [9.17, 15) is 9.59 Å². The van der Waals surface area contributed by atoms with Crippen LogP contribution in [0.4, 0.5) is 11.4 Å². The Balaban J connectivity index is 0.731. The number of rotatable bonds is 17. The molecule has 12 aromatic rings. The van der Waals surface area contributed by atoms with Crippen LogP contribution < -0.4 is 18.9 Å². The number of ketones is 2. The minimum absolute atomic E-state index is 0.130. The quantitative estimate of drug-likeness (QED) is 0.0666. The van der Waals surface area contributed by atoms with E-state index >= 15 is 0 Å². The highest BCUT2D eigenvalue weighted by Crippen LogP contribution is 2.48. The van der Waals surface area contributed by atoms with Crippen LogP contribution in [0, 0.1) is 13.8 Å². The minimum atomic E-state index is -0.130. The molecule has 12 aromatic carbocycles. The summed E-state index contributed by atoms with van der Waals surface area (Å²) < 4.78 is 25.8. The largest absolute Gasteiger partial charge is 0.457 e. The fourth-order valence-corrected chi connectivity index (χ4v) is 9.55. The zero-order chi connectivity index (χ0) is 55.8. The molecule has 0 heterocycles. The van der Waals surface area contributed by atoms with E-state index < -0.39 is 0 Å². The standard InChI is InChI=1S/C74H52N2O6/c1-49-11-15-51(16-12-49)47-75-59-29-41-63(42-30-59)79-61-33-19-55(20-34-61)73(77)57-23-37-65(38-24-57)81-69-45-27-53-7-3-5-9-67(53)71(69)72-68-10-6-4-8-54(68)28-46-70(72)82-66-39-25-58(26-40-66)74(78)56-21-35-62(36-22-56)80-64-43-31-60(32-44-64)76-48-52-17-13-50(2)14-18-52/h3-48H,1-2H3. The molecule has 0 saturated carbocycles. The van der Waals surface area contributed by atoms with Crippen LogP contribution >= 0.6 is 0 Å². The summed E-state index contributed by atoms with van der Waals surface area (Å²) in [6.45, 7) is 4.12. The number of benzene rings is 12. The molecule has 0 N–H and O–H groups in total. The molecule has 0 aliphatic rings. The molecule has 0 unspecified atom stereocenters. The van der Waals surface area contributed by atoms with Crippen molar-refractivity contribution in [1.82, 2.24) is 0 Å². The van der Waals surface area contributed by atoms with E-state index in [1.807, 2.05) is 158 Å². The number of carbonyl (C=O) groups excluding carboxylic acids is 2. The molecule has 0 aromatic heterocycles. The third kappa shape index (κ3) is 12.0. The van der Waals surface area contributed by atoms with Gasteiger partial charge in [0.05, 0.1) is 11.4 Å². The topological polar surface area (TPSA) is 95.8 Å². The number of carbonyl (C=O) groups is 2. The van der Waals surface area contributed by atoms with Crippen LogP contribution in [0.2, 0.25) is 0 Å². The third-order valence-electron chi connectivity index (χ3n) is 14.0. The summed E-state index contributed by atoms with van der Waals surface area (Å²) in [6.07, 6.45) is 3.68. The SMILES string of the molecule is Cc1ccc(C=Nc2ccc(Oc3ccc(C(=O)c4ccc(Oc5ccc6ccccc6c5-c5c(Oc6ccc(C(=O)c7ccc(Oc8ccc(N=Cc9ccc(C)cc9)cc8)cc7)cc6)ccc6ccccc56)cc4)cc3)cc2)cc1. The van der Waals surface area contributed by atoms with Crippen molar-refractivity contribution in [2.24, 2.45) is 9.98 Å². The zero-order valence-corrected chi connectivity index (χ0v) is 44.9. The van der Waals surface area contributed by atoms with E-state index in [4.69, 9.17) is 18.9 Å². The average Bonchev–Trinajstić information content (AvgIpc) is 2.74. The highest BCUT2D eigenvalue weighted by Gasteiger charge is 2.21. The Hall–Kier alpha value is -11.0. The van der Waals surface area contributed by atoms with Crippen molar-refractivity contribution in [3.8, 4) is 57.1 Å². The van der Waals surface area contributed by atoms with Gasteiger partial charge in [0.2, 0.25) is 0 Å². The summed E-state index contributed by atoms with van der Waals surface area (Å²) in [5.41, 5.74) is 9.87. The van der Waals surface area contributed by atoms with Gasteiger partial charge in [0, 0.05) is 45.8 Å². The molecule has 8 heteroatoms. The summed E-state index contributed by atoms with van der Waals surface area (Å²) in [6, 6.07) is 84.5. The smallest absolute Gasteiger partial charge is 0.193 e. The van der Waals surface area contributed by atoms with Gasteiger partial charge in [-0.2, -0.15) is 0 Å². The lowest BCUT2D eigenvalue weighted by atomic mass is 9.92. The number of ether oxygens (including phenoxy) is 4. The van der Waals surface area contributed by atoms with Crippen molar-refractivity contribution in [1.29, 1.82) is 0 Å². The van der Waals surface area contributed by atoms with Gasteiger partial charge in [-0.15, -0.1) is 0 Å². The Labute approximate surface area is 475 Å². The van der Waals surface area contributed by atoms with E-state index in [0.717, 1.165) is 55.2 Å². The van der Waals surface area contributed by atoms with Gasteiger partial charge in [0.1, 0.15) is 46.0 Å². The first-order valence-electron chi connectivity index (χ1n) is 26.9. The molecular formula is C74H52N2O6. The summed E-state index contributed by atoms with van der Waals surface area (Å²) in [5, 5.41) is 3.98. The minimum Gasteiger partial charge on any atom is -0.457 e. The molecule has 0 spiro atoms. The second kappa shape index (κ2) is 23.6. The van der Waals surface area contributed by atoms with Crippen LogP contribution in [-0.4, -0.2) is 24.0 Å². The van der Waals surface area contributed by atoms with E-state index in [1.165, 1.54) is 11.1 Å². The zero-order valence-electron chi connectivity index (χ0n) is 44.9. The van der Waals surface area contributed by atoms with E-state index in [-0.39, 0.29) is 11.6 Å². The van der Waals surface area contributed by atoms with Gasteiger partial charge >= 0.3 is 0 Å². The first-order chi connectivity index (χ1) is 40.2. The lowest BCUT2D eigenvalue weighted by Gasteiger charge is -2.20.